The summed E-state index contributed by atoms with van der Waals surface area (Å²) < 4.78 is 11.1. The summed E-state index contributed by atoms with van der Waals surface area (Å²) in [5.41, 5.74) is 0. The van der Waals surface area contributed by atoms with Gasteiger partial charge in [0.05, 0.1) is 13.2 Å². The highest BCUT2D eigenvalue weighted by molar-refractivity contribution is 5.31. The summed E-state index contributed by atoms with van der Waals surface area (Å²) in [4.78, 5) is 3.66. The lowest BCUT2D eigenvalue weighted by Gasteiger charge is -2.20. The first-order valence-corrected chi connectivity index (χ1v) is 8.75. The van der Waals surface area contributed by atoms with Crippen molar-refractivity contribution in [3.05, 3.63) is 24.3 Å². The fourth-order valence-electron chi connectivity index (χ4n) is 2.37. The molecule has 0 radical (unpaired) electrons. The number of benzene rings is 1. The maximum Gasteiger partial charge on any atom is 0.119 e. The van der Waals surface area contributed by atoms with E-state index in [1.54, 1.807) is 24.3 Å². The van der Waals surface area contributed by atoms with Crippen LogP contribution in [0.2, 0.25) is 0 Å². The van der Waals surface area contributed by atoms with E-state index in [4.69, 9.17) is 19.7 Å². The molecule has 0 aliphatic rings. The van der Waals surface area contributed by atoms with Gasteiger partial charge in [0, 0.05) is 26.2 Å². The maximum absolute atomic E-state index is 9.90. The van der Waals surface area contributed by atoms with Gasteiger partial charge >= 0.3 is 0 Å². The molecule has 0 aliphatic heterocycles. The standard InChI is InChI=1S/C18H32N2O6/c1-19(7-9-21)11-15(23)13-25-17-3-5-18(6-4-17)26-14-16(24)12-20(2)8-10-22/h3-6,15-16,21-24H,7-14H2,1-2H3/t15-,16+. The summed E-state index contributed by atoms with van der Waals surface area (Å²) in [6.45, 7) is 2.28. The van der Waals surface area contributed by atoms with E-state index in [9.17, 15) is 10.2 Å². The number of nitrogens with zero attached hydrogens (tertiary/aromatic N) is 2. The van der Waals surface area contributed by atoms with Crippen LogP contribution < -0.4 is 9.47 Å². The molecule has 150 valence electrons. The monoisotopic (exact) mass is 372 g/mol. The number of likely N-dealkylation sites (N-methyl/N-ethyl adjacent to an activating group) is 2. The molecule has 1 aromatic carbocycles. The SMILES string of the molecule is CN(CCO)C[C@H](O)COc1ccc(OC[C@H](O)CN(C)CCO)cc1. The van der Waals surface area contributed by atoms with Crippen molar-refractivity contribution >= 4 is 0 Å². The Bertz CT molecular complexity index is 430. The molecule has 0 aliphatic carbocycles. The Morgan fingerprint density at radius 3 is 1.42 bits per heavy atom. The van der Waals surface area contributed by atoms with E-state index in [1.807, 2.05) is 23.9 Å². The average Bonchev–Trinajstić information content (AvgIpc) is 2.59. The third kappa shape index (κ3) is 9.91. The predicted molar refractivity (Wildman–Crippen MR) is 98.6 cm³/mol. The Morgan fingerprint density at radius 1 is 0.769 bits per heavy atom. The molecule has 0 bridgehead atoms. The van der Waals surface area contributed by atoms with Crippen molar-refractivity contribution in [1.29, 1.82) is 0 Å². The second-order valence-electron chi connectivity index (χ2n) is 6.37. The molecule has 0 amide bonds. The van der Waals surface area contributed by atoms with E-state index in [-0.39, 0.29) is 26.4 Å². The minimum Gasteiger partial charge on any atom is -0.491 e. The van der Waals surface area contributed by atoms with Crippen LogP contribution in [0.15, 0.2) is 24.3 Å². The minimum atomic E-state index is -0.645. The molecule has 0 fully saturated rings. The number of rotatable bonds is 14. The number of hydrogen-bond donors (Lipinski definition) is 4. The van der Waals surface area contributed by atoms with Gasteiger partial charge in [-0.2, -0.15) is 0 Å². The van der Waals surface area contributed by atoms with E-state index >= 15 is 0 Å². The minimum absolute atomic E-state index is 0.0535. The van der Waals surface area contributed by atoms with Gasteiger partial charge in [-0.3, -0.25) is 0 Å². The number of ether oxygens (including phenoxy) is 2. The second kappa shape index (κ2) is 12.9. The topological polar surface area (TPSA) is 106 Å². The fourth-order valence-corrected chi connectivity index (χ4v) is 2.37. The lowest BCUT2D eigenvalue weighted by Crippen LogP contribution is -2.34. The van der Waals surface area contributed by atoms with Crippen LogP contribution in [0.3, 0.4) is 0 Å². The van der Waals surface area contributed by atoms with Gasteiger partial charge in [0.25, 0.3) is 0 Å². The van der Waals surface area contributed by atoms with Crippen LogP contribution in [0.1, 0.15) is 0 Å². The van der Waals surface area contributed by atoms with Crippen LogP contribution in [-0.4, -0.2) is 109 Å². The molecular weight excluding hydrogens is 340 g/mol. The van der Waals surface area contributed by atoms with Crippen LogP contribution in [-0.2, 0) is 0 Å². The van der Waals surface area contributed by atoms with Crippen LogP contribution in [0.5, 0.6) is 11.5 Å². The van der Waals surface area contributed by atoms with Crippen LogP contribution >= 0.6 is 0 Å². The zero-order valence-electron chi connectivity index (χ0n) is 15.6. The smallest absolute Gasteiger partial charge is 0.119 e. The molecule has 0 spiro atoms. The molecule has 2 atom stereocenters. The first-order valence-electron chi connectivity index (χ1n) is 8.75. The molecule has 1 rings (SSSR count). The van der Waals surface area contributed by atoms with Gasteiger partial charge in [0.2, 0.25) is 0 Å². The third-order valence-corrected chi connectivity index (χ3v) is 3.72. The first kappa shape index (κ1) is 22.6. The van der Waals surface area contributed by atoms with Gasteiger partial charge in [-0.05, 0) is 38.4 Å². The van der Waals surface area contributed by atoms with Crippen molar-refractivity contribution in [2.24, 2.45) is 0 Å². The van der Waals surface area contributed by atoms with Crippen molar-refractivity contribution in [2.75, 3.05) is 66.7 Å². The summed E-state index contributed by atoms with van der Waals surface area (Å²) in [5, 5.41) is 37.5. The average molecular weight is 372 g/mol. The summed E-state index contributed by atoms with van der Waals surface area (Å²) in [7, 11) is 3.64. The first-order chi connectivity index (χ1) is 12.4. The molecular formula is C18H32N2O6. The lowest BCUT2D eigenvalue weighted by molar-refractivity contribution is 0.0696. The molecule has 1 aromatic rings. The van der Waals surface area contributed by atoms with Crippen molar-refractivity contribution in [3.63, 3.8) is 0 Å². The van der Waals surface area contributed by atoms with Crippen molar-refractivity contribution in [1.82, 2.24) is 9.80 Å². The quantitative estimate of drug-likeness (QED) is 0.330. The Kier molecular flexibility index (Phi) is 11.2. The molecule has 0 unspecified atom stereocenters. The fraction of sp³-hybridized carbons (Fsp3) is 0.667. The molecule has 0 saturated carbocycles. The van der Waals surface area contributed by atoms with Crippen molar-refractivity contribution in [2.45, 2.75) is 12.2 Å². The zero-order valence-corrected chi connectivity index (χ0v) is 15.6. The Labute approximate surface area is 155 Å². The van der Waals surface area contributed by atoms with Crippen LogP contribution in [0.4, 0.5) is 0 Å². The number of hydrogen-bond acceptors (Lipinski definition) is 8. The molecule has 8 nitrogen and oxygen atoms in total. The summed E-state index contributed by atoms with van der Waals surface area (Å²) >= 11 is 0. The summed E-state index contributed by atoms with van der Waals surface area (Å²) in [6, 6.07) is 6.96. The Hall–Kier alpha value is -1.42. The summed E-state index contributed by atoms with van der Waals surface area (Å²) in [5.74, 6) is 1.23. The Balaban J connectivity index is 2.30. The van der Waals surface area contributed by atoms with E-state index in [2.05, 4.69) is 0 Å². The van der Waals surface area contributed by atoms with Gasteiger partial charge in [0.15, 0.2) is 0 Å². The maximum atomic E-state index is 9.90. The van der Waals surface area contributed by atoms with Gasteiger partial charge in [0.1, 0.15) is 36.9 Å². The molecule has 0 saturated heterocycles. The van der Waals surface area contributed by atoms with E-state index < -0.39 is 12.2 Å². The van der Waals surface area contributed by atoms with E-state index in [0.717, 1.165) is 0 Å². The van der Waals surface area contributed by atoms with Gasteiger partial charge in [-0.25, -0.2) is 0 Å². The van der Waals surface area contributed by atoms with Crippen molar-refractivity contribution < 1.29 is 29.9 Å². The molecule has 0 heterocycles. The molecule has 0 aromatic heterocycles. The van der Waals surface area contributed by atoms with Crippen LogP contribution in [0, 0.1) is 0 Å². The second-order valence-corrected chi connectivity index (χ2v) is 6.37. The van der Waals surface area contributed by atoms with Gasteiger partial charge in [-0.15, -0.1) is 0 Å². The van der Waals surface area contributed by atoms with Crippen LogP contribution in [0.25, 0.3) is 0 Å². The number of aliphatic hydroxyl groups excluding tert-OH is 4. The zero-order chi connectivity index (χ0) is 19.4. The highest BCUT2D eigenvalue weighted by Gasteiger charge is 2.10. The third-order valence-electron chi connectivity index (χ3n) is 3.72. The highest BCUT2D eigenvalue weighted by Crippen LogP contribution is 2.18. The molecule has 26 heavy (non-hydrogen) atoms. The number of aliphatic hydroxyl groups is 4. The largest absolute Gasteiger partial charge is 0.491 e. The summed E-state index contributed by atoms with van der Waals surface area (Å²) in [6.07, 6.45) is -1.29. The van der Waals surface area contributed by atoms with E-state index in [1.165, 1.54) is 0 Å². The molecule has 8 heteroatoms. The van der Waals surface area contributed by atoms with Gasteiger partial charge in [-0.1, -0.05) is 0 Å². The van der Waals surface area contributed by atoms with Gasteiger partial charge < -0.3 is 39.7 Å². The lowest BCUT2D eigenvalue weighted by atomic mass is 10.3. The van der Waals surface area contributed by atoms with E-state index in [0.29, 0.717) is 37.7 Å². The van der Waals surface area contributed by atoms with Crippen molar-refractivity contribution in [3.8, 4) is 11.5 Å². The Morgan fingerprint density at radius 2 is 1.12 bits per heavy atom. The normalized spacial score (nSPS) is 13.8. The predicted octanol–water partition coefficient (Wildman–Crippen LogP) is -0.986. The highest BCUT2D eigenvalue weighted by atomic mass is 16.5. The molecule has 4 N–H and O–H groups in total.